The topological polar surface area (TPSA) is 101 Å². The van der Waals surface area contributed by atoms with E-state index in [1.807, 2.05) is 19.1 Å². The summed E-state index contributed by atoms with van der Waals surface area (Å²) in [7, 11) is -2.29. The van der Waals surface area contributed by atoms with Gasteiger partial charge in [0.15, 0.2) is 18.1 Å². The van der Waals surface area contributed by atoms with Crippen LogP contribution in [0.2, 0.25) is 0 Å². The molecule has 0 amide bonds. The summed E-state index contributed by atoms with van der Waals surface area (Å²) < 4.78 is 35.2. The third-order valence-electron chi connectivity index (χ3n) is 3.50. The number of hydrogen-bond acceptors (Lipinski definition) is 6. The van der Waals surface area contributed by atoms with Crippen molar-refractivity contribution in [3.05, 3.63) is 53.1 Å². The standard InChI is InChI=1S/C18H19N3O4S/c1-13-4-5-14(2)18(10-13)26(22,23)21-20-12-15-6-7-16(25-9-8-19)17(11-15)24-3/h4-7,10-12,21H,9H2,1-3H3/b20-12-. The Morgan fingerprint density at radius 1 is 1.19 bits per heavy atom. The van der Waals surface area contributed by atoms with E-state index in [9.17, 15) is 8.42 Å². The molecule has 8 heteroatoms. The van der Waals surface area contributed by atoms with Gasteiger partial charge in [-0.15, -0.1) is 0 Å². The number of ether oxygens (including phenoxy) is 2. The molecule has 2 aromatic carbocycles. The molecule has 7 nitrogen and oxygen atoms in total. The summed E-state index contributed by atoms with van der Waals surface area (Å²) in [6.45, 7) is 3.45. The highest BCUT2D eigenvalue weighted by Gasteiger charge is 2.15. The molecule has 0 saturated carbocycles. The van der Waals surface area contributed by atoms with Gasteiger partial charge in [-0.3, -0.25) is 0 Å². The minimum atomic E-state index is -3.76. The van der Waals surface area contributed by atoms with E-state index in [2.05, 4.69) is 9.93 Å². The number of methoxy groups -OCH3 is 1. The van der Waals surface area contributed by atoms with Crippen LogP contribution in [0.25, 0.3) is 0 Å². The van der Waals surface area contributed by atoms with Gasteiger partial charge >= 0.3 is 0 Å². The van der Waals surface area contributed by atoms with Crippen molar-refractivity contribution in [2.45, 2.75) is 18.7 Å². The molecule has 1 N–H and O–H groups in total. The van der Waals surface area contributed by atoms with Gasteiger partial charge in [0, 0.05) is 0 Å². The summed E-state index contributed by atoms with van der Waals surface area (Å²) in [5, 5.41) is 12.4. The number of nitrogens with zero attached hydrogens (tertiary/aromatic N) is 2. The second-order valence-corrected chi connectivity index (χ2v) is 7.11. The lowest BCUT2D eigenvalue weighted by molar-refractivity contribution is 0.329. The molecule has 0 radical (unpaired) electrons. The molecular weight excluding hydrogens is 354 g/mol. The Kier molecular flexibility index (Phi) is 6.20. The number of nitrogens with one attached hydrogen (secondary N) is 1. The minimum absolute atomic E-state index is 0.0978. The van der Waals surface area contributed by atoms with Crippen LogP contribution in [0.3, 0.4) is 0 Å². The molecule has 0 heterocycles. The van der Waals surface area contributed by atoms with Gasteiger partial charge in [-0.1, -0.05) is 12.1 Å². The molecule has 26 heavy (non-hydrogen) atoms. The Morgan fingerprint density at radius 3 is 2.65 bits per heavy atom. The van der Waals surface area contributed by atoms with E-state index in [-0.39, 0.29) is 11.5 Å². The monoisotopic (exact) mass is 373 g/mol. The Morgan fingerprint density at radius 2 is 1.96 bits per heavy atom. The van der Waals surface area contributed by atoms with E-state index in [0.29, 0.717) is 22.6 Å². The fourth-order valence-corrected chi connectivity index (χ4v) is 3.33. The second-order valence-electron chi connectivity index (χ2n) is 5.48. The largest absolute Gasteiger partial charge is 0.493 e. The predicted octanol–water partition coefficient (Wildman–Crippen LogP) is 2.53. The molecule has 0 unspecified atom stereocenters. The SMILES string of the molecule is COc1cc(/C=N\NS(=O)(=O)c2cc(C)ccc2C)ccc1OCC#N. The summed E-state index contributed by atoms with van der Waals surface area (Å²) >= 11 is 0. The summed E-state index contributed by atoms with van der Waals surface area (Å²) in [5.74, 6) is 0.837. The average Bonchev–Trinajstić information content (AvgIpc) is 2.62. The lowest BCUT2D eigenvalue weighted by Crippen LogP contribution is -2.19. The van der Waals surface area contributed by atoms with E-state index in [1.165, 1.54) is 13.3 Å². The zero-order chi connectivity index (χ0) is 19.2. The van der Waals surface area contributed by atoms with Gasteiger partial charge in [0.2, 0.25) is 0 Å². The normalized spacial score (nSPS) is 11.2. The molecule has 136 valence electrons. The number of hydrogen-bond donors (Lipinski definition) is 1. The summed E-state index contributed by atoms with van der Waals surface area (Å²) in [5.41, 5.74) is 2.09. The van der Waals surface area contributed by atoms with Crippen molar-refractivity contribution in [1.29, 1.82) is 5.26 Å². The van der Waals surface area contributed by atoms with Gasteiger partial charge in [0.1, 0.15) is 6.07 Å². The molecule has 0 spiro atoms. The summed E-state index contributed by atoms with van der Waals surface area (Å²) in [6, 6.07) is 12.0. The van der Waals surface area contributed by atoms with E-state index in [1.54, 1.807) is 37.3 Å². The Labute approximate surface area is 152 Å². The van der Waals surface area contributed by atoms with E-state index < -0.39 is 10.0 Å². The molecule has 0 aliphatic heterocycles. The van der Waals surface area contributed by atoms with Crippen LogP contribution in [0.1, 0.15) is 16.7 Å². The van der Waals surface area contributed by atoms with Gasteiger partial charge in [0.05, 0.1) is 18.2 Å². The van der Waals surface area contributed by atoms with Crippen LogP contribution in [-0.4, -0.2) is 28.3 Å². The van der Waals surface area contributed by atoms with Crippen LogP contribution in [0.5, 0.6) is 11.5 Å². The number of rotatable bonds is 7. The van der Waals surface area contributed by atoms with Crippen molar-refractivity contribution in [3.63, 3.8) is 0 Å². The highest BCUT2D eigenvalue weighted by molar-refractivity contribution is 7.89. The van der Waals surface area contributed by atoms with Gasteiger partial charge in [-0.05, 0) is 54.8 Å². The van der Waals surface area contributed by atoms with Gasteiger partial charge < -0.3 is 9.47 Å². The van der Waals surface area contributed by atoms with E-state index >= 15 is 0 Å². The maximum absolute atomic E-state index is 12.4. The van der Waals surface area contributed by atoms with Crippen molar-refractivity contribution in [3.8, 4) is 17.6 Å². The molecule has 2 aromatic rings. The zero-order valence-corrected chi connectivity index (χ0v) is 15.5. The molecule has 0 bridgehead atoms. The number of aryl methyl sites for hydroxylation is 2. The maximum Gasteiger partial charge on any atom is 0.276 e. The third-order valence-corrected chi connectivity index (χ3v) is 4.86. The first-order valence-corrected chi connectivity index (χ1v) is 9.15. The van der Waals surface area contributed by atoms with Gasteiger partial charge in [-0.25, -0.2) is 4.83 Å². The first-order chi connectivity index (χ1) is 12.4. The Hall–Kier alpha value is -3.05. The molecule has 0 fully saturated rings. The zero-order valence-electron chi connectivity index (χ0n) is 14.7. The number of benzene rings is 2. The van der Waals surface area contributed by atoms with E-state index in [4.69, 9.17) is 14.7 Å². The first-order valence-electron chi connectivity index (χ1n) is 7.67. The lowest BCUT2D eigenvalue weighted by Gasteiger charge is -2.09. The molecule has 0 saturated heterocycles. The summed E-state index contributed by atoms with van der Waals surface area (Å²) in [4.78, 5) is 2.39. The van der Waals surface area contributed by atoms with Crippen molar-refractivity contribution < 1.29 is 17.9 Å². The number of sulfonamides is 1. The molecule has 0 aliphatic carbocycles. The summed E-state index contributed by atoms with van der Waals surface area (Å²) in [6.07, 6.45) is 1.36. The minimum Gasteiger partial charge on any atom is -0.493 e. The highest BCUT2D eigenvalue weighted by atomic mass is 32.2. The Bertz CT molecular complexity index is 963. The number of nitriles is 1. The molecule has 0 aromatic heterocycles. The third kappa shape index (κ3) is 4.74. The average molecular weight is 373 g/mol. The maximum atomic E-state index is 12.4. The highest BCUT2D eigenvalue weighted by Crippen LogP contribution is 2.27. The van der Waals surface area contributed by atoms with Crippen LogP contribution < -0.4 is 14.3 Å². The predicted molar refractivity (Wildman–Crippen MR) is 97.9 cm³/mol. The van der Waals surface area contributed by atoms with Crippen LogP contribution in [-0.2, 0) is 10.0 Å². The van der Waals surface area contributed by atoms with Gasteiger partial charge in [-0.2, -0.15) is 18.8 Å². The van der Waals surface area contributed by atoms with E-state index in [0.717, 1.165) is 5.56 Å². The lowest BCUT2D eigenvalue weighted by atomic mass is 10.2. The van der Waals surface area contributed by atoms with Crippen LogP contribution in [0.4, 0.5) is 0 Å². The molecule has 0 atom stereocenters. The van der Waals surface area contributed by atoms with Crippen LogP contribution in [0.15, 0.2) is 46.4 Å². The number of hydrazone groups is 1. The van der Waals surface area contributed by atoms with Crippen molar-refractivity contribution in [2.75, 3.05) is 13.7 Å². The fraction of sp³-hybridized carbons (Fsp3) is 0.222. The van der Waals surface area contributed by atoms with Crippen LogP contribution in [0, 0.1) is 25.2 Å². The quantitative estimate of drug-likeness (QED) is 0.594. The Balaban J connectivity index is 2.17. The van der Waals surface area contributed by atoms with Crippen molar-refractivity contribution in [2.24, 2.45) is 5.10 Å². The van der Waals surface area contributed by atoms with Crippen molar-refractivity contribution >= 4 is 16.2 Å². The van der Waals surface area contributed by atoms with Gasteiger partial charge in [0.25, 0.3) is 10.0 Å². The first kappa shape index (κ1) is 19.3. The second kappa shape index (κ2) is 8.36. The van der Waals surface area contributed by atoms with Crippen LogP contribution >= 0.6 is 0 Å². The molecular formula is C18H19N3O4S. The smallest absolute Gasteiger partial charge is 0.276 e. The molecule has 0 aliphatic rings. The fourth-order valence-electron chi connectivity index (χ4n) is 2.21. The molecule has 2 rings (SSSR count). The van der Waals surface area contributed by atoms with Crippen molar-refractivity contribution in [1.82, 2.24) is 4.83 Å².